The highest BCUT2D eigenvalue weighted by Gasteiger charge is 2.24. The molecule has 0 aromatic heterocycles. The van der Waals surface area contributed by atoms with E-state index in [4.69, 9.17) is 0 Å². The highest BCUT2D eigenvalue weighted by atomic mass is 32.2. The van der Waals surface area contributed by atoms with Gasteiger partial charge in [0.15, 0.2) is 5.17 Å². The molecule has 1 aliphatic heterocycles. The van der Waals surface area contributed by atoms with Crippen LogP contribution in [-0.4, -0.2) is 11.1 Å². The summed E-state index contributed by atoms with van der Waals surface area (Å²) in [5, 5.41) is 3.50. The molecule has 0 unspecified atom stereocenters. The molecule has 2 aromatic carbocycles. The van der Waals surface area contributed by atoms with Crippen molar-refractivity contribution in [3.8, 4) is 0 Å². The molecule has 0 spiro atoms. The maximum atomic E-state index is 12.3. The van der Waals surface area contributed by atoms with Gasteiger partial charge in [-0.1, -0.05) is 24.3 Å². The highest BCUT2D eigenvalue weighted by Crippen LogP contribution is 2.30. The van der Waals surface area contributed by atoms with Crippen molar-refractivity contribution in [1.29, 1.82) is 0 Å². The molecule has 128 valence electrons. The summed E-state index contributed by atoms with van der Waals surface area (Å²) in [5.41, 5.74) is 7.88. The van der Waals surface area contributed by atoms with E-state index in [1.54, 1.807) is 0 Å². The lowest BCUT2D eigenvalue weighted by molar-refractivity contribution is -0.115. The summed E-state index contributed by atoms with van der Waals surface area (Å²) in [6.07, 6.45) is 1.95. The van der Waals surface area contributed by atoms with Crippen molar-refractivity contribution in [2.45, 2.75) is 34.6 Å². The van der Waals surface area contributed by atoms with Gasteiger partial charge in [-0.15, -0.1) is 0 Å². The monoisotopic (exact) mass is 350 g/mol. The Morgan fingerprint density at radius 1 is 0.920 bits per heavy atom. The van der Waals surface area contributed by atoms with Crippen molar-refractivity contribution in [3.63, 3.8) is 0 Å². The normalized spacial score (nSPS) is 17.4. The van der Waals surface area contributed by atoms with Crippen LogP contribution in [0.2, 0.25) is 0 Å². The fourth-order valence-corrected chi connectivity index (χ4v) is 3.54. The molecular weight excluding hydrogens is 328 g/mol. The minimum absolute atomic E-state index is 0.0910. The van der Waals surface area contributed by atoms with Crippen LogP contribution in [0.3, 0.4) is 0 Å². The third kappa shape index (κ3) is 3.85. The zero-order valence-corrected chi connectivity index (χ0v) is 16.0. The first-order valence-electron chi connectivity index (χ1n) is 8.28. The van der Waals surface area contributed by atoms with Crippen LogP contribution in [-0.2, 0) is 4.79 Å². The largest absolute Gasteiger partial charge is 0.300 e. The third-order valence-corrected chi connectivity index (χ3v) is 5.32. The number of aliphatic imine (C=N–C) groups is 1. The third-order valence-electron chi connectivity index (χ3n) is 4.41. The number of hydrogen-bond donors (Lipinski definition) is 1. The Kier molecular flexibility index (Phi) is 4.82. The van der Waals surface area contributed by atoms with Gasteiger partial charge >= 0.3 is 0 Å². The lowest BCUT2D eigenvalue weighted by Gasteiger charge is -2.06. The maximum absolute atomic E-state index is 12.3. The first-order valence-corrected chi connectivity index (χ1v) is 9.10. The predicted octanol–water partition coefficient (Wildman–Crippen LogP) is 5.12. The Bertz CT molecular complexity index is 926. The van der Waals surface area contributed by atoms with Gasteiger partial charge in [0.2, 0.25) is 0 Å². The first-order chi connectivity index (χ1) is 11.8. The maximum Gasteiger partial charge on any atom is 0.264 e. The van der Waals surface area contributed by atoms with Crippen LogP contribution in [0.25, 0.3) is 6.08 Å². The molecule has 1 amide bonds. The molecule has 0 aliphatic carbocycles. The summed E-state index contributed by atoms with van der Waals surface area (Å²) < 4.78 is 0. The van der Waals surface area contributed by atoms with Gasteiger partial charge in [0.05, 0.1) is 10.6 Å². The van der Waals surface area contributed by atoms with Crippen LogP contribution in [0.1, 0.15) is 33.4 Å². The number of rotatable bonds is 2. The number of nitrogens with zero attached hydrogens (tertiary/aromatic N) is 1. The Morgan fingerprint density at radius 2 is 1.64 bits per heavy atom. The number of carbonyl (C=O) groups is 1. The molecule has 3 nitrogen and oxygen atoms in total. The van der Waals surface area contributed by atoms with E-state index in [0.29, 0.717) is 10.1 Å². The second-order valence-corrected chi connectivity index (χ2v) is 7.60. The molecule has 3 rings (SSSR count). The molecule has 1 heterocycles. The Balaban J connectivity index is 1.91. The fourth-order valence-electron chi connectivity index (χ4n) is 2.71. The second kappa shape index (κ2) is 6.89. The molecule has 2 aromatic rings. The summed E-state index contributed by atoms with van der Waals surface area (Å²) in [4.78, 5) is 17.6. The van der Waals surface area contributed by atoms with Crippen LogP contribution >= 0.6 is 11.8 Å². The van der Waals surface area contributed by atoms with Gasteiger partial charge in [-0.3, -0.25) is 4.79 Å². The van der Waals surface area contributed by atoms with Crippen LogP contribution in [0.4, 0.5) is 5.69 Å². The quantitative estimate of drug-likeness (QED) is 0.764. The van der Waals surface area contributed by atoms with Crippen molar-refractivity contribution in [1.82, 2.24) is 5.32 Å². The van der Waals surface area contributed by atoms with E-state index in [1.807, 2.05) is 32.1 Å². The van der Waals surface area contributed by atoms with E-state index in [0.717, 1.165) is 22.4 Å². The van der Waals surface area contributed by atoms with E-state index in [-0.39, 0.29) is 5.91 Å². The number of thioether (sulfide) groups is 1. The Hall–Kier alpha value is -2.33. The molecule has 0 atom stereocenters. The molecule has 0 radical (unpaired) electrons. The van der Waals surface area contributed by atoms with Crippen molar-refractivity contribution >= 4 is 34.6 Å². The van der Waals surface area contributed by atoms with Crippen molar-refractivity contribution < 1.29 is 4.79 Å². The lowest BCUT2D eigenvalue weighted by Crippen LogP contribution is -2.19. The Morgan fingerprint density at radius 3 is 2.40 bits per heavy atom. The van der Waals surface area contributed by atoms with E-state index < -0.39 is 0 Å². The second-order valence-electron chi connectivity index (χ2n) is 6.56. The molecule has 25 heavy (non-hydrogen) atoms. The summed E-state index contributed by atoms with van der Waals surface area (Å²) in [6, 6.07) is 10.4. The van der Waals surface area contributed by atoms with Gasteiger partial charge in [-0.2, -0.15) is 0 Å². The van der Waals surface area contributed by atoms with Gasteiger partial charge in [-0.05, 0) is 91.9 Å². The van der Waals surface area contributed by atoms with Gasteiger partial charge in [-0.25, -0.2) is 4.99 Å². The summed E-state index contributed by atoms with van der Waals surface area (Å²) in [5.74, 6) is -0.0910. The van der Waals surface area contributed by atoms with E-state index in [1.165, 1.54) is 28.5 Å². The van der Waals surface area contributed by atoms with Crippen LogP contribution < -0.4 is 5.32 Å². The zero-order chi connectivity index (χ0) is 18.1. The number of aryl methyl sites for hydroxylation is 5. The minimum atomic E-state index is -0.0910. The number of amidine groups is 1. The van der Waals surface area contributed by atoms with Gasteiger partial charge < -0.3 is 5.32 Å². The van der Waals surface area contributed by atoms with Crippen molar-refractivity contribution in [3.05, 3.63) is 68.6 Å². The van der Waals surface area contributed by atoms with Crippen molar-refractivity contribution in [2.24, 2.45) is 4.99 Å². The topological polar surface area (TPSA) is 41.5 Å². The summed E-state index contributed by atoms with van der Waals surface area (Å²) >= 11 is 1.39. The number of benzene rings is 2. The molecule has 1 fully saturated rings. The van der Waals surface area contributed by atoms with Gasteiger partial charge in [0, 0.05) is 0 Å². The molecule has 1 saturated heterocycles. The molecule has 1 aliphatic rings. The Labute approximate surface area is 153 Å². The smallest absolute Gasteiger partial charge is 0.264 e. The number of nitrogens with one attached hydrogen (secondary N) is 1. The van der Waals surface area contributed by atoms with Crippen LogP contribution in [0, 0.1) is 34.6 Å². The van der Waals surface area contributed by atoms with Crippen LogP contribution in [0.5, 0.6) is 0 Å². The number of carbonyl (C=O) groups excluding carboxylic acids is 1. The lowest BCUT2D eigenvalue weighted by atomic mass is 10.0. The van der Waals surface area contributed by atoms with E-state index >= 15 is 0 Å². The molecule has 0 bridgehead atoms. The standard InChI is InChI=1S/C21H22N2OS/c1-12-6-7-13(2)18(8-12)22-21-23-20(24)19(25-21)11-17-10-15(4)14(3)9-16(17)5/h6-11H,1-5H3,(H,22,23,24)/b19-11-. The number of hydrogen-bond acceptors (Lipinski definition) is 3. The molecule has 4 heteroatoms. The summed E-state index contributed by atoms with van der Waals surface area (Å²) in [7, 11) is 0. The van der Waals surface area contributed by atoms with E-state index in [9.17, 15) is 4.79 Å². The molecule has 1 N–H and O–H groups in total. The highest BCUT2D eigenvalue weighted by molar-refractivity contribution is 8.18. The van der Waals surface area contributed by atoms with E-state index in [2.05, 4.69) is 49.3 Å². The molecule has 0 saturated carbocycles. The van der Waals surface area contributed by atoms with Gasteiger partial charge in [0.1, 0.15) is 0 Å². The molecular formula is C21H22N2OS. The first kappa shape index (κ1) is 17.5. The predicted molar refractivity (Wildman–Crippen MR) is 107 cm³/mol. The number of amides is 1. The fraction of sp³-hybridized carbons (Fsp3) is 0.238. The SMILES string of the molecule is Cc1ccc(C)c(N=C2NC(=O)/C(=C/c3cc(C)c(C)cc3C)S2)c1. The van der Waals surface area contributed by atoms with Crippen molar-refractivity contribution in [2.75, 3.05) is 0 Å². The average Bonchev–Trinajstić information content (AvgIpc) is 2.88. The van der Waals surface area contributed by atoms with Gasteiger partial charge in [0.25, 0.3) is 5.91 Å². The zero-order valence-electron chi connectivity index (χ0n) is 15.2. The minimum Gasteiger partial charge on any atom is -0.300 e. The summed E-state index contributed by atoms with van der Waals surface area (Å²) in [6.45, 7) is 10.3. The average molecular weight is 350 g/mol. The van der Waals surface area contributed by atoms with Crippen LogP contribution in [0.15, 0.2) is 40.2 Å².